The molecular weight excluding hydrogens is 174 g/mol. The van der Waals surface area contributed by atoms with E-state index in [1.807, 2.05) is 0 Å². The second-order valence-corrected chi connectivity index (χ2v) is 3.82. The SMILES string of the molecule is CCCC(C=NCCCC(C)=O)CC. The third kappa shape index (κ3) is 7.96. The lowest BCUT2D eigenvalue weighted by atomic mass is 10.0. The maximum absolute atomic E-state index is 10.6. The number of nitrogens with zero attached hydrogens (tertiary/aromatic N) is 1. The Morgan fingerprint density at radius 3 is 2.64 bits per heavy atom. The first kappa shape index (κ1) is 13.3. The summed E-state index contributed by atoms with van der Waals surface area (Å²) in [6.45, 7) is 6.84. The third-order valence-corrected chi connectivity index (χ3v) is 2.32. The van der Waals surface area contributed by atoms with E-state index in [1.54, 1.807) is 6.92 Å². The largest absolute Gasteiger partial charge is 0.300 e. The fourth-order valence-electron chi connectivity index (χ4n) is 1.40. The smallest absolute Gasteiger partial charge is 0.129 e. The molecule has 14 heavy (non-hydrogen) atoms. The van der Waals surface area contributed by atoms with Crippen LogP contribution in [0.15, 0.2) is 4.99 Å². The lowest BCUT2D eigenvalue weighted by molar-refractivity contribution is -0.117. The second-order valence-electron chi connectivity index (χ2n) is 3.82. The normalized spacial score (nSPS) is 13.4. The first-order chi connectivity index (χ1) is 6.70. The molecule has 0 radical (unpaired) electrons. The molecule has 0 fully saturated rings. The minimum absolute atomic E-state index is 0.265. The second kappa shape index (κ2) is 8.92. The van der Waals surface area contributed by atoms with Crippen LogP contribution in [-0.4, -0.2) is 18.5 Å². The molecule has 0 aliphatic rings. The van der Waals surface area contributed by atoms with Gasteiger partial charge in [-0.25, -0.2) is 0 Å². The van der Waals surface area contributed by atoms with Crippen LogP contribution in [0.1, 0.15) is 52.9 Å². The average molecular weight is 197 g/mol. The van der Waals surface area contributed by atoms with Gasteiger partial charge in [0.25, 0.3) is 0 Å². The number of carbonyl (C=O) groups excluding carboxylic acids is 1. The summed E-state index contributed by atoms with van der Waals surface area (Å²) in [5.74, 6) is 0.901. The zero-order valence-electron chi connectivity index (χ0n) is 9.75. The Labute approximate surface area is 87.8 Å². The highest BCUT2D eigenvalue weighted by Crippen LogP contribution is 2.07. The van der Waals surface area contributed by atoms with Crippen molar-refractivity contribution in [1.29, 1.82) is 0 Å². The quantitative estimate of drug-likeness (QED) is 0.434. The van der Waals surface area contributed by atoms with E-state index in [9.17, 15) is 4.79 Å². The fraction of sp³-hybridized carbons (Fsp3) is 0.833. The van der Waals surface area contributed by atoms with E-state index in [1.165, 1.54) is 19.3 Å². The maximum atomic E-state index is 10.6. The molecule has 0 bridgehead atoms. The summed E-state index contributed by atoms with van der Waals surface area (Å²) in [6.07, 6.45) is 7.26. The predicted octanol–water partition coefficient (Wildman–Crippen LogP) is 3.25. The molecule has 1 unspecified atom stereocenters. The van der Waals surface area contributed by atoms with Crippen molar-refractivity contribution >= 4 is 12.0 Å². The van der Waals surface area contributed by atoms with Crippen LogP contribution in [0.4, 0.5) is 0 Å². The zero-order chi connectivity index (χ0) is 10.8. The Kier molecular flexibility index (Phi) is 8.50. The van der Waals surface area contributed by atoms with E-state index in [0.717, 1.165) is 13.0 Å². The van der Waals surface area contributed by atoms with Crippen LogP contribution in [0.5, 0.6) is 0 Å². The highest BCUT2D eigenvalue weighted by atomic mass is 16.1. The minimum Gasteiger partial charge on any atom is -0.300 e. The van der Waals surface area contributed by atoms with Gasteiger partial charge in [-0.15, -0.1) is 0 Å². The van der Waals surface area contributed by atoms with Gasteiger partial charge in [0.15, 0.2) is 0 Å². The molecule has 2 nitrogen and oxygen atoms in total. The Balaban J connectivity index is 3.53. The molecule has 0 spiro atoms. The zero-order valence-corrected chi connectivity index (χ0v) is 9.75. The molecule has 0 heterocycles. The molecule has 0 aromatic carbocycles. The van der Waals surface area contributed by atoms with Crippen LogP contribution in [0.25, 0.3) is 0 Å². The van der Waals surface area contributed by atoms with Crippen molar-refractivity contribution in [2.24, 2.45) is 10.9 Å². The van der Waals surface area contributed by atoms with Gasteiger partial charge in [-0.1, -0.05) is 20.3 Å². The summed E-state index contributed by atoms with van der Waals surface area (Å²) in [4.78, 5) is 15.0. The van der Waals surface area contributed by atoms with E-state index >= 15 is 0 Å². The fourth-order valence-corrected chi connectivity index (χ4v) is 1.40. The van der Waals surface area contributed by atoms with Crippen molar-refractivity contribution in [3.8, 4) is 0 Å². The highest BCUT2D eigenvalue weighted by molar-refractivity contribution is 5.75. The molecular formula is C12H23NO. The van der Waals surface area contributed by atoms with Crippen LogP contribution in [0, 0.1) is 5.92 Å². The van der Waals surface area contributed by atoms with Gasteiger partial charge < -0.3 is 4.79 Å². The van der Waals surface area contributed by atoms with Gasteiger partial charge in [-0.05, 0) is 32.1 Å². The molecule has 0 aromatic rings. The van der Waals surface area contributed by atoms with Crippen molar-refractivity contribution in [3.63, 3.8) is 0 Å². The van der Waals surface area contributed by atoms with E-state index in [4.69, 9.17) is 0 Å². The lowest BCUT2D eigenvalue weighted by Crippen LogP contribution is -2.00. The number of ketones is 1. The van der Waals surface area contributed by atoms with Crippen LogP contribution in [0.2, 0.25) is 0 Å². The first-order valence-corrected chi connectivity index (χ1v) is 5.70. The predicted molar refractivity (Wildman–Crippen MR) is 62.0 cm³/mol. The minimum atomic E-state index is 0.265. The van der Waals surface area contributed by atoms with Gasteiger partial charge in [0.1, 0.15) is 5.78 Å². The summed E-state index contributed by atoms with van der Waals surface area (Å²) >= 11 is 0. The van der Waals surface area contributed by atoms with Gasteiger partial charge in [-0.3, -0.25) is 4.99 Å². The van der Waals surface area contributed by atoms with E-state index in [2.05, 4.69) is 25.1 Å². The van der Waals surface area contributed by atoms with E-state index in [-0.39, 0.29) is 5.78 Å². The molecule has 82 valence electrons. The van der Waals surface area contributed by atoms with Gasteiger partial charge in [0, 0.05) is 19.2 Å². The van der Waals surface area contributed by atoms with Crippen molar-refractivity contribution in [2.75, 3.05) is 6.54 Å². The molecule has 0 aliphatic heterocycles. The first-order valence-electron chi connectivity index (χ1n) is 5.70. The number of rotatable bonds is 8. The average Bonchev–Trinajstić information content (AvgIpc) is 2.15. The van der Waals surface area contributed by atoms with Crippen molar-refractivity contribution in [1.82, 2.24) is 0 Å². The molecule has 0 aromatic heterocycles. The number of hydrogen-bond acceptors (Lipinski definition) is 2. The number of aliphatic imine (C=N–C) groups is 1. The van der Waals surface area contributed by atoms with Crippen LogP contribution in [-0.2, 0) is 4.79 Å². The summed E-state index contributed by atoms with van der Waals surface area (Å²) in [5, 5.41) is 0. The van der Waals surface area contributed by atoms with Crippen molar-refractivity contribution in [3.05, 3.63) is 0 Å². The van der Waals surface area contributed by atoms with E-state index in [0.29, 0.717) is 12.3 Å². The molecule has 0 aliphatic carbocycles. The van der Waals surface area contributed by atoms with Crippen molar-refractivity contribution < 1.29 is 4.79 Å². The molecule has 1 atom stereocenters. The third-order valence-electron chi connectivity index (χ3n) is 2.32. The number of hydrogen-bond donors (Lipinski definition) is 0. The molecule has 0 rings (SSSR count). The molecule has 0 amide bonds. The molecule has 2 heteroatoms. The highest BCUT2D eigenvalue weighted by Gasteiger charge is 1.99. The number of carbonyl (C=O) groups is 1. The Bertz CT molecular complexity index is 175. The standard InChI is InChI=1S/C12H23NO/c1-4-7-12(5-2)10-13-9-6-8-11(3)14/h10,12H,4-9H2,1-3H3. The monoisotopic (exact) mass is 197 g/mol. The van der Waals surface area contributed by atoms with Gasteiger partial charge in [0.2, 0.25) is 0 Å². The van der Waals surface area contributed by atoms with Crippen LogP contribution >= 0.6 is 0 Å². The van der Waals surface area contributed by atoms with Gasteiger partial charge in [0.05, 0.1) is 0 Å². The summed E-state index contributed by atoms with van der Waals surface area (Å²) in [5.41, 5.74) is 0. The number of Topliss-reactive ketones (excluding diaryl/α,β-unsaturated/α-hetero) is 1. The lowest BCUT2D eigenvalue weighted by Gasteiger charge is -2.06. The summed E-state index contributed by atoms with van der Waals surface area (Å²) in [7, 11) is 0. The summed E-state index contributed by atoms with van der Waals surface area (Å²) in [6, 6.07) is 0. The maximum Gasteiger partial charge on any atom is 0.129 e. The Morgan fingerprint density at radius 2 is 2.14 bits per heavy atom. The molecule has 0 saturated carbocycles. The summed E-state index contributed by atoms with van der Waals surface area (Å²) < 4.78 is 0. The van der Waals surface area contributed by atoms with Crippen LogP contribution in [0.3, 0.4) is 0 Å². The van der Waals surface area contributed by atoms with Gasteiger partial charge in [-0.2, -0.15) is 0 Å². The van der Waals surface area contributed by atoms with Gasteiger partial charge >= 0.3 is 0 Å². The molecule has 0 saturated heterocycles. The Hall–Kier alpha value is -0.660. The van der Waals surface area contributed by atoms with Crippen LogP contribution < -0.4 is 0 Å². The Morgan fingerprint density at radius 1 is 1.43 bits per heavy atom. The topological polar surface area (TPSA) is 29.4 Å². The van der Waals surface area contributed by atoms with Crippen molar-refractivity contribution in [2.45, 2.75) is 52.9 Å². The van der Waals surface area contributed by atoms with E-state index < -0.39 is 0 Å². The molecule has 0 N–H and O–H groups in total.